The van der Waals surface area contributed by atoms with Crippen LogP contribution in [0.1, 0.15) is 39.0 Å². The van der Waals surface area contributed by atoms with Crippen molar-refractivity contribution >= 4 is 34.3 Å². The highest BCUT2D eigenvalue weighted by atomic mass is 32.1. The van der Waals surface area contributed by atoms with E-state index in [-0.39, 0.29) is 5.41 Å². The number of aromatic nitrogens is 1. The lowest BCUT2D eigenvalue weighted by Crippen LogP contribution is -2.42. The van der Waals surface area contributed by atoms with Gasteiger partial charge in [-0.15, -0.1) is 11.3 Å². The largest absolute Gasteiger partial charge is 0.325 e. The summed E-state index contributed by atoms with van der Waals surface area (Å²) in [5.41, 5.74) is -0.232. The van der Waals surface area contributed by atoms with E-state index in [0.29, 0.717) is 10.7 Å². The number of carbonyl (C=O) groups is 3. The number of urea groups is 1. The van der Waals surface area contributed by atoms with E-state index in [4.69, 9.17) is 0 Å². The molecule has 1 fully saturated rings. The minimum Gasteiger partial charge on any atom is -0.319 e. The first kappa shape index (κ1) is 19.9. The van der Waals surface area contributed by atoms with E-state index in [1.165, 1.54) is 42.5 Å². The molecule has 7 nitrogen and oxygen atoms in total. The average Bonchev–Trinajstić information content (AvgIpc) is 3.15. The molecule has 2 N–H and O–H groups in total. The number of nitrogens with zero attached hydrogens (tertiary/aromatic N) is 2. The first-order valence-corrected chi connectivity index (χ1v) is 9.55. The van der Waals surface area contributed by atoms with Gasteiger partial charge in [0.05, 0.1) is 5.69 Å². The molecule has 3 rings (SSSR count). The molecule has 4 amide bonds. The summed E-state index contributed by atoms with van der Waals surface area (Å²) < 4.78 is 13.2. The first-order chi connectivity index (χ1) is 13.0. The van der Waals surface area contributed by atoms with Gasteiger partial charge in [0, 0.05) is 10.8 Å². The number of nitrogens with one attached hydrogen (secondary N) is 2. The molecule has 1 saturated heterocycles. The Bertz CT molecular complexity index is 935. The first-order valence-electron chi connectivity index (χ1n) is 8.67. The topological polar surface area (TPSA) is 91.4 Å². The summed E-state index contributed by atoms with van der Waals surface area (Å²) in [6, 6.07) is 4.61. The summed E-state index contributed by atoms with van der Waals surface area (Å²) >= 11 is 1.28. The second-order valence-corrected chi connectivity index (χ2v) is 8.65. The van der Waals surface area contributed by atoms with E-state index in [9.17, 15) is 18.8 Å². The van der Waals surface area contributed by atoms with Crippen LogP contribution in [0.25, 0.3) is 0 Å². The van der Waals surface area contributed by atoms with Crippen molar-refractivity contribution < 1.29 is 18.8 Å². The number of benzene rings is 1. The zero-order chi connectivity index (χ0) is 20.7. The number of rotatable bonds is 4. The monoisotopic (exact) mass is 404 g/mol. The fourth-order valence-corrected chi connectivity index (χ4v) is 3.75. The van der Waals surface area contributed by atoms with Crippen LogP contribution in [-0.4, -0.2) is 34.3 Å². The lowest BCUT2D eigenvalue weighted by Gasteiger charge is -2.22. The van der Waals surface area contributed by atoms with Crippen molar-refractivity contribution in [3.05, 3.63) is 46.7 Å². The fourth-order valence-electron chi connectivity index (χ4n) is 2.80. The van der Waals surface area contributed by atoms with Crippen molar-refractivity contribution in [3.8, 4) is 0 Å². The molecule has 1 aromatic carbocycles. The van der Waals surface area contributed by atoms with Crippen LogP contribution in [0.15, 0.2) is 29.6 Å². The summed E-state index contributed by atoms with van der Waals surface area (Å²) in [7, 11) is 0. The minimum atomic E-state index is -1.36. The molecule has 28 heavy (non-hydrogen) atoms. The zero-order valence-corrected chi connectivity index (χ0v) is 16.8. The van der Waals surface area contributed by atoms with Crippen LogP contribution in [0.4, 0.5) is 14.3 Å². The van der Waals surface area contributed by atoms with Crippen molar-refractivity contribution in [3.63, 3.8) is 0 Å². The molecule has 1 aromatic heterocycles. The van der Waals surface area contributed by atoms with Gasteiger partial charge < -0.3 is 10.6 Å². The van der Waals surface area contributed by atoms with Crippen molar-refractivity contribution in [2.45, 2.75) is 38.6 Å². The Hall–Kier alpha value is -2.81. The lowest BCUT2D eigenvalue weighted by molar-refractivity contribution is -0.133. The molecular weight excluding hydrogens is 383 g/mol. The van der Waals surface area contributed by atoms with Crippen LogP contribution >= 0.6 is 11.3 Å². The number of hydrogen-bond acceptors (Lipinski definition) is 5. The molecule has 0 aliphatic carbocycles. The molecule has 0 saturated carbocycles. The molecule has 148 valence electrons. The summed E-state index contributed by atoms with van der Waals surface area (Å²) in [5.74, 6) is -1.55. The highest BCUT2D eigenvalue weighted by molar-refractivity contribution is 7.13. The number of anilines is 1. The van der Waals surface area contributed by atoms with Gasteiger partial charge in [0.25, 0.3) is 5.91 Å². The molecular formula is C19H21FN4O3S. The Balaban J connectivity index is 1.71. The molecule has 2 heterocycles. The van der Waals surface area contributed by atoms with Crippen LogP contribution in [-0.2, 0) is 20.5 Å². The van der Waals surface area contributed by atoms with E-state index in [1.54, 1.807) is 0 Å². The molecule has 1 atom stereocenters. The van der Waals surface area contributed by atoms with Gasteiger partial charge in [0.2, 0.25) is 5.91 Å². The van der Waals surface area contributed by atoms with E-state index < -0.39 is 35.7 Å². The molecule has 0 spiro atoms. The van der Waals surface area contributed by atoms with Crippen LogP contribution in [0.2, 0.25) is 0 Å². The number of thiazole rings is 1. The summed E-state index contributed by atoms with van der Waals surface area (Å²) in [6.45, 7) is 7.12. The SMILES string of the molecule is CC(C)(C)c1csc(NC(=O)CN2C(=O)N[C@](C)(c3ccc(F)cc3)C2=O)n1. The van der Waals surface area contributed by atoms with E-state index in [1.807, 2.05) is 26.2 Å². The fraction of sp³-hybridized carbons (Fsp3) is 0.368. The Morgan fingerprint density at radius 1 is 1.29 bits per heavy atom. The van der Waals surface area contributed by atoms with Crippen molar-refractivity contribution in [1.82, 2.24) is 15.2 Å². The third kappa shape index (κ3) is 3.75. The summed E-state index contributed by atoms with van der Waals surface area (Å²) in [4.78, 5) is 42.6. The normalized spacial score (nSPS) is 19.7. The maximum Gasteiger partial charge on any atom is 0.325 e. The molecule has 0 radical (unpaired) electrons. The maximum absolute atomic E-state index is 13.2. The third-order valence-corrected chi connectivity index (χ3v) is 5.27. The molecule has 0 unspecified atom stereocenters. The molecule has 1 aliphatic heterocycles. The molecule has 9 heteroatoms. The second-order valence-electron chi connectivity index (χ2n) is 7.79. The van der Waals surface area contributed by atoms with Gasteiger partial charge in [0.15, 0.2) is 5.13 Å². The van der Waals surface area contributed by atoms with Crippen molar-refractivity contribution in [1.29, 1.82) is 0 Å². The highest BCUT2D eigenvalue weighted by Gasteiger charge is 2.49. The standard InChI is InChI=1S/C19H21FN4O3S/c1-18(2,3)13-10-28-16(21-13)22-14(25)9-24-15(26)19(4,23-17(24)27)11-5-7-12(20)8-6-11/h5-8,10H,9H2,1-4H3,(H,23,27)(H,21,22,25)/t19-/m1/s1. The quantitative estimate of drug-likeness (QED) is 0.767. The van der Waals surface area contributed by atoms with Crippen LogP contribution in [0.3, 0.4) is 0 Å². The van der Waals surface area contributed by atoms with Gasteiger partial charge in [-0.2, -0.15) is 0 Å². The number of halogens is 1. The summed E-state index contributed by atoms with van der Waals surface area (Å²) in [5, 5.41) is 7.46. The number of imide groups is 1. The number of carbonyl (C=O) groups excluding carboxylic acids is 3. The van der Waals surface area contributed by atoms with Crippen LogP contribution < -0.4 is 10.6 Å². The van der Waals surface area contributed by atoms with Gasteiger partial charge in [-0.3, -0.25) is 14.5 Å². The second kappa shape index (κ2) is 6.97. The van der Waals surface area contributed by atoms with Gasteiger partial charge >= 0.3 is 6.03 Å². The van der Waals surface area contributed by atoms with Crippen molar-refractivity contribution in [2.75, 3.05) is 11.9 Å². The van der Waals surface area contributed by atoms with E-state index in [2.05, 4.69) is 15.6 Å². The molecule has 1 aliphatic rings. The maximum atomic E-state index is 13.2. The van der Waals surface area contributed by atoms with Crippen LogP contribution in [0.5, 0.6) is 0 Å². The van der Waals surface area contributed by atoms with Gasteiger partial charge in [-0.1, -0.05) is 32.9 Å². The Morgan fingerprint density at radius 3 is 2.50 bits per heavy atom. The van der Waals surface area contributed by atoms with Gasteiger partial charge in [-0.05, 0) is 24.6 Å². The smallest absolute Gasteiger partial charge is 0.319 e. The third-order valence-electron chi connectivity index (χ3n) is 4.52. The van der Waals surface area contributed by atoms with Crippen molar-refractivity contribution in [2.24, 2.45) is 0 Å². The van der Waals surface area contributed by atoms with E-state index >= 15 is 0 Å². The molecule has 0 bridgehead atoms. The molecule has 2 aromatic rings. The predicted molar refractivity (Wildman–Crippen MR) is 103 cm³/mol. The zero-order valence-electron chi connectivity index (χ0n) is 16.0. The summed E-state index contributed by atoms with van der Waals surface area (Å²) in [6.07, 6.45) is 0. The number of hydrogen-bond donors (Lipinski definition) is 2. The minimum absolute atomic E-state index is 0.152. The lowest BCUT2D eigenvalue weighted by atomic mass is 9.92. The Morgan fingerprint density at radius 2 is 1.93 bits per heavy atom. The Labute approximate surface area is 166 Å². The number of amides is 4. The van der Waals surface area contributed by atoms with Gasteiger partial charge in [-0.25, -0.2) is 14.2 Å². The van der Waals surface area contributed by atoms with Crippen LogP contribution in [0, 0.1) is 5.82 Å². The average molecular weight is 404 g/mol. The van der Waals surface area contributed by atoms with E-state index in [0.717, 1.165) is 10.6 Å². The predicted octanol–water partition coefficient (Wildman–Crippen LogP) is 2.99. The highest BCUT2D eigenvalue weighted by Crippen LogP contribution is 2.29. The van der Waals surface area contributed by atoms with Gasteiger partial charge in [0.1, 0.15) is 17.9 Å². The Kier molecular flexibility index (Phi) is 4.97.